The summed E-state index contributed by atoms with van der Waals surface area (Å²) in [5.41, 5.74) is 1.76. The van der Waals surface area contributed by atoms with Crippen LogP contribution in [0.1, 0.15) is 29.9 Å². The molecule has 1 heterocycles. The van der Waals surface area contributed by atoms with Crippen molar-refractivity contribution in [3.63, 3.8) is 0 Å². The third-order valence-electron chi connectivity index (χ3n) is 4.32. The lowest BCUT2D eigenvalue weighted by Gasteiger charge is -2.22. The first-order chi connectivity index (χ1) is 12.9. The first-order valence-corrected chi connectivity index (χ1v) is 8.91. The Balaban J connectivity index is 1.69. The van der Waals surface area contributed by atoms with Gasteiger partial charge in [0.2, 0.25) is 5.89 Å². The fraction of sp³-hybridized carbons (Fsp3) is 0.238. The molecule has 3 aromatic rings. The average molecular weight is 385 g/mol. The van der Waals surface area contributed by atoms with Gasteiger partial charge >= 0.3 is 0 Å². The number of carbonyl (C=O) groups is 1. The molecule has 0 saturated carbocycles. The number of nitrogens with one attached hydrogen (secondary N) is 1. The number of nitrogens with zero attached hydrogens (tertiary/aromatic N) is 1. The van der Waals surface area contributed by atoms with Gasteiger partial charge in [-0.3, -0.25) is 4.79 Å². The molecule has 1 aromatic heterocycles. The highest BCUT2D eigenvalue weighted by Crippen LogP contribution is 2.27. The zero-order valence-corrected chi connectivity index (χ0v) is 16.2. The third-order valence-corrected chi connectivity index (χ3v) is 4.62. The number of amides is 1. The molecule has 5 nitrogen and oxygen atoms in total. The van der Waals surface area contributed by atoms with Crippen molar-refractivity contribution in [3.8, 4) is 17.2 Å². The zero-order valence-electron chi connectivity index (χ0n) is 15.5. The second-order valence-corrected chi connectivity index (χ2v) is 7.23. The first-order valence-electron chi connectivity index (χ1n) is 8.54. The van der Waals surface area contributed by atoms with Crippen LogP contribution in [0.5, 0.6) is 5.75 Å². The molecule has 3 rings (SSSR count). The second kappa shape index (κ2) is 7.84. The number of methoxy groups -OCH3 is 1. The van der Waals surface area contributed by atoms with Crippen LogP contribution in [-0.2, 0) is 5.41 Å². The van der Waals surface area contributed by atoms with Crippen LogP contribution in [0, 0.1) is 0 Å². The molecule has 2 aromatic carbocycles. The maximum Gasteiger partial charge on any atom is 0.251 e. The second-order valence-electron chi connectivity index (χ2n) is 6.82. The van der Waals surface area contributed by atoms with Crippen LogP contribution in [0.3, 0.4) is 0 Å². The molecule has 0 aliphatic heterocycles. The number of hydrogen-bond acceptors (Lipinski definition) is 4. The molecule has 0 radical (unpaired) electrons. The molecular formula is C21H21ClN2O3. The quantitative estimate of drug-likeness (QED) is 0.668. The molecule has 6 heteroatoms. The fourth-order valence-corrected chi connectivity index (χ4v) is 2.86. The van der Waals surface area contributed by atoms with Gasteiger partial charge in [0.1, 0.15) is 12.0 Å². The van der Waals surface area contributed by atoms with Crippen LogP contribution in [-0.4, -0.2) is 24.5 Å². The van der Waals surface area contributed by atoms with Gasteiger partial charge in [0.25, 0.3) is 5.91 Å². The highest BCUT2D eigenvalue weighted by Gasteiger charge is 2.26. The Labute approximate surface area is 163 Å². The van der Waals surface area contributed by atoms with Gasteiger partial charge in [0.15, 0.2) is 0 Å². The largest absolute Gasteiger partial charge is 0.495 e. The van der Waals surface area contributed by atoms with E-state index in [1.165, 1.54) is 7.11 Å². The molecule has 0 unspecified atom stereocenters. The predicted molar refractivity (Wildman–Crippen MR) is 105 cm³/mol. The molecule has 1 N–H and O–H groups in total. The van der Waals surface area contributed by atoms with E-state index in [-0.39, 0.29) is 5.91 Å². The summed E-state index contributed by atoms with van der Waals surface area (Å²) in [6.07, 6.45) is 1.64. The van der Waals surface area contributed by atoms with Gasteiger partial charge in [-0.05, 0) is 30.3 Å². The van der Waals surface area contributed by atoms with E-state index in [0.717, 1.165) is 11.3 Å². The maximum absolute atomic E-state index is 12.4. The number of halogens is 1. The van der Waals surface area contributed by atoms with Crippen molar-refractivity contribution in [2.45, 2.75) is 19.3 Å². The summed E-state index contributed by atoms with van der Waals surface area (Å²) in [6.45, 7) is 4.40. The van der Waals surface area contributed by atoms with Crippen molar-refractivity contribution in [3.05, 3.63) is 71.1 Å². The summed E-state index contributed by atoms with van der Waals surface area (Å²) >= 11 is 6.09. The van der Waals surface area contributed by atoms with E-state index in [0.29, 0.717) is 28.8 Å². The Kier molecular flexibility index (Phi) is 5.51. The normalized spacial score (nSPS) is 11.3. The maximum atomic E-state index is 12.4. The average Bonchev–Trinajstić information content (AvgIpc) is 3.18. The molecule has 0 fully saturated rings. The van der Waals surface area contributed by atoms with E-state index in [2.05, 4.69) is 10.3 Å². The molecule has 0 aliphatic carbocycles. The third kappa shape index (κ3) is 4.31. The van der Waals surface area contributed by atoms with Gasteiger partial charge in [0.05, 0.1) is 17.8 Å². The Morgan fingerprint density at radius 1 is 1.22 bits per heavy atom. The molecule has 0 aliphatic rings. The van der Waals surface area contributed by atoms with Crippen molar-refractivity contribution in [2.75, 3.05) is 13.7 Å². The number of ether oxygens (including phenoxy) is 1. The highest BCUT2D eigenvalue weighted by molar-refractivity contribution is 6.32. The summed E-state index contributed by atoms with van der Waals surface area (Å²) in [7, 11) is 1.53. The van der Waals surface area contributed by atoms with Gasteiger partial charge in [-0.25, -0.2) is 4.98 Å². The van der Waals surface area contributed by atoms with E-state index in [9.17, 15) is 4.79 Å². The molecule has 27 heavy (non-hydrogen) atoms. The Bertz CT molecular complexity index is 936. The van der Waals surface area contributed by atoms with E-state index >= 15 is 0 Å². The van der Waals surface area contributed by atoms with Crippen molar-refractivity contribution >= 4 is 17.5 Å². The minimum atomic E-state index is -0.400. The number of aromatic nitrogens is 1. The number of rotatable bonds is 6. The summed E-state index contributed by atoms with van der Waals surface area (Å²) in [6, 6.07) is 14.6. The number of oxazole rings is 1. The Morgan fingerprint density at radius 2 is 1.96 bits per heavy atom. The minimum absolute atomic E-state index is 0.209. The molecule has 0 spiro atoms. The Morgan fingerprint density at radius 3 is 2.63 bits per heavy atom. The van der Waals surface area contributed by atoms with Crippen molar-refractivity contribution < 1.29 is 13.9 Å². The molecule has 140 valence electrons. The van der Waals surface area contributed by atoms with Gasteiger partial charge in [-0.15, -0.1) is 0 Å². The number of carbonyl (C=O) groups excluding carboxylic acids is 1. The molecule has 0 bridgehead atoms. The van der Waals surface area contributed by atoms with E-state index in [1.807, 2.05) is 44.2 Å². The minimum Gasteiger partial charge on any atom is -0.495 e. The highest BCUT2D eigenvalue weighted by atomic mass is 35.5. The SMILES string of the molecule is COc1ccc(C(=O)NCC(C)(C)c2coc(-c3ccccc3)n2)cc1Cl. The van der Waals surface area contributed by atoms with Gasteiger partial charge in [0, 0.05) is 23.1 Å². The lowest BCUT2D eigenvalue weighted by Crippen LogP contribution is -2.36. The summed E-state index contributed by atoms with van der Waals surface area (Å²) in [5.74, 6) is 0.885. The lowest BCUT2D eigenvalue weighted by atomic mass is 9.90. The van der Waals surface area contributed by atoms with E-state index in [4.69, 9.17) is 20.8 Å². The predicted octanol–water partition coefficient (Wildman–Crippen LogP) is 4.71. The summed E-state index contributed by atoms with van der Waals surface area (Å²) in [5, 5.41) is 3.33. The van der Waals surface area contributed by atoms with Gasteiger partial charge in [-0.1, -0.05) is 43.6 Å². The van der Waals surface area contributed by atoms with E-state index < -0.39 is 5.41 Å². The smallest absolute Gasteiger partial charge is 0.251 e. The van der Waals surface area contributed by atoms with Crippen molar-refractivity contribution in [1.29, 1.82) is 0 Å². The van der Waals surface area contributed by atoms with Crippen LogP contribution < -0.4 is 10.1 Å². The molecule has 1 amide bonds. The first kappa shape index (κ1) is 19.0. The summed E-state index contributed by atoms with van der Waals surface area (Å²) in [4.78, 5) is 17.0. The van der Waals surface area contributed by atoms with Gasteiger partial charge in [-0.2, -0.15) is 0 Å². The number of hydrogen-bond donors (Lipinski definition) is 1. The number of benzene rings is 2. The van der Waals surface area contributed by atoms with Crippen LogP contribution in [0.4, 0.5) is 0 Å². The van der Waals surface area contributed by atoms with Crippen LogP contribution in [0.25, 0.3) is 11.5 Å². The van der Waals surface area contributed by atoms with Crippen LogP contribution in [0.2, 0.25) is 5.02 Å². The molecule has 0 saturated heterocycles. The summed E-state index contributed by atoms with van der Waals surface area (Å²) < 4.78 is 10.7. The molecule has 0 atom stereocenters. The standard InChI is InChI=1S/C21H21ClN2O3/c1-21(2,18-12-27-20(24-18)14-7-5-4-6-8-14)13-23-19(25)15-9-10-17(26-3)16(22)11-15/h4-12H,13H2,1-3H3,(H,23,25). The topological polar surface area (TPSA) is 64.4 Å². The monoisotopic (exact) mass is 384 g/mol. The van der Waals surface area contributed by atoms with E-state index in [1.54, 1.807) is 24.5 Å². The molecular weight excluding hydrogens is 364 g/mol. The van der Waals surface area contributed by atoms with Crippen molar-refractivity contribution in [1.82, 2.24) is 10.3 Å². The lowest BCUT2D eigenvalue weighted by molar-refractivity contribution is 0.0945. The van der Waals surface area contributed by atoms with Crippen molar-refractivity contribution in [2.24, 2.45) is 0 Å². The fourth-order valence-electron chi connectivity index (χ4n) is 2.60. The van der Waals surface area contributed by atoms with Gasteiger partial charge < -0.3 is 14.5 Å². The van der Waals surface area contributed by atoms with Crippen LogP contribution in [0.15, 0.2) is 59.2 Å². The zero-order chi connectivity index (χ0) is 19.4. The Hall–Kier alpha value is -2.79. The van der Waals surface area contributed by atoms with Crippen LogP contribution >= 0.6 is 11.6 Å².